The van der Waals surface area contributed by atoms with Crippen molar-refractivity contribution in [2.45, 2.75) is 30.3 Å². The number of ether oxygens (including phenoxy) is 1. The number of sulfonamides is 1. The molecule has 1 aromatic carbocycles. The molecule has 0 spiro atoms. The maximum Gasteiger partial charge on any atom is 0.242 e. The van der Waals surface area contributed by atoms with Gasteiger partial charge in [-0.15, -0.1) is 0 Å². The maximum atomic E-state index is 12.4. The molecule has 0 amide bonds. The van der Waals surface area contributed by atoms with Crippen molar-refractivity contribution in [3.05, 3.63) is 27.7 Å². The van der Waals surface area contributed by atoms with Crippen LogP contribution in [0.25, 0.3) is 0 Å². The fourth-order valence-electron chi connectivity index (χ4n) is 2.08. The fourth-order valence-corrected chi connectivity index (χ4v) is 4.28. The van der Waals surface area contributed by atoms with Crippen LogP contribution in [0.1, 0.15) is 18.4 Å². The zero-order chi connectivity index (χ0) is 14.8. The summed E-state index contributed by atoms with van der Waals surface area (Å²) in [5.74, 6) is 0. The lowest BCUT2D eigenvalue weighted by Crippen LogP contribution is -2.40. The molecule has 0 radical (unpaired) electrons. The zero-order valence-corrected chi connectivity index (χ0v) is 13.1. The number of nitrogens with one attached hydrogen (secondary N) is 1. The number of benzene rings is 1. The summed E-state index contributed by atoms with van der Waals surface area (Å²) in [5.41, 5.74) is 6.04. The Bertz CT molecular complexity index is 587. The standard InChI is InChI=1S/C12H16Cl2N2O3S/c13-9-4-8(6-15)12(14)11(5-9)20(17,18)16-10-2-1-3-19-7-10/h4-5,10,16H,1-3,6-7,15H2. The third-order valence-electron chi connectivity index (χ3n) is 3.07. The minimum Gasteiger partial charge on any atom is -0.380 e. The van der Waals surface area contributed by atoms with Gasteiger partial charge in [-0.3, -0.25) is 0 Å². The molecule has 1 aliphatic heterocycles. The van der Waals surface area contributed by atoms with Crippen molar-refractivity contribution in [3.63, 3.8) is 0 Å². The SMILES string of the molecule is NCc1cc(Cl)cc(S(=O)(=O)NC2CCCOC2)c1Cl. The molecule has 3 N–H and O–H groups in total. The largest absolute Gasteiger partial charge is 0.380 e. The van der Waals surface area contributed by atoms with Gasteiger partial charge in [-0.1, -0.05) is 23.2 Å². The first-order valence-corrected chi connectivity index (χ1v) is 8.46. The number of halogens is 2. The molecule has 0 aromatic heterocycles. The van der Waals surface area contributed by atoms with Crippen LogP contribution < -0.4 is 10.5 Å². The molecule has 1 aliphatic rings. The minimum absolute atomic E-state index is 0.0438. The third-order valence-corrected chi connectivity index (χ3v) is 5.39. The Morgan fingerprint density at radius 2 is 2.15 bits per heavy atom. The number of hydrogen-bond acceptors (Lipinski definition) is 4. The zero-order valence-electron chi connectivity index (χ0n) is 10.7. The van der Waals surface area contributed by atoms with E-state index in [0.717, 1.165) is 12.8 Å². The number of nitrogens with two attached hydrogens (primary N) is 1. The quantitative estimate of drug-likeness (QED) is 0.878. The molecule has 1 fully saturated rings. The summed E-state index contributed by atoms with van der Waals surface area (Å²) in [6.07, 6.45) is 1.56. The molecule has 1 saturated heterocycles. The molecular formula is C12H16Cl2N2O3S. The number of rotatable bonds is 4. The van der Waals surface area contributed by atoms with Gasteiger partial charge in [0.15, 0.2) is 0 Å². The molecule has 20 heavy (non-hydrogen) atoms. The van der Waals surface area contributed by atoms with Gasteiger partial charge in [-0.25, -0.2) is 13.1 Å². The van der Waals surface area contributed by atoms with Crippen LogP contribution >= 0.6 is 23.2 Å². The van der Waals surface area contributed by atoms with Crippen LogP contribution in [0.5, 0.6) is 0 Å². The van der Waals surface area contributed by atoms with Gasteiger partial charge in [0.2, 0.25) is 10.0 Å². The van der Waals surface area contributed by atoms with Crippen molar-refractivity contribution in [1.82, 2.24) is 4.72 Å². The van der Waals surface area contributed by atoms with Crippen molar-refractivity contribution >= 4 is 33.2 Å². The lowest BCUT2D eigenvalue weighted by Gasteiger charge is -2.23. The summed E-state index contributed by atoms with van der Waals surface area (Å²) >= 11 is 12.0. The van der Waals surface area contributed by atoms with Crippen LogP contribution in [0.15, 0.2) is 17.0 Å². The van der Waals surface area contributed by atoms with Crippen LogP contribution in [0, 0.1) is 0 Å². The fraction of sp³-hybridized carbons (Fsp3) is 0.500. The Balaban J connectivity index is 2.31. The van der Waals surface area contributed by atoms with Gasteiger partial charge in [0.05, 0.1) is 11.6 Å². The van der Waals surface area contributed by atoms with Crippen LogP contribution in [-0.4, -0.2) is 27.7 Å². The molecule has 2 rings (SSSR count). The Labute approximate surface area is 128 Å². The molecule has 5 nitrogen and oxygen atoms in total. The predicted octanol–water partition coefficient (Wildman–Crippen LogP) is 1.91. The second-order valence-corrected chi connectivity index (χ2v) is 7.11. The summed E-state index contributed by atoms with van der Waals surface area (Å²) in [6, 6.07) is 2.65. The van der Waals surface area contributed by atoms with E-state index in [0.29, 0.717) is 18.8 Å². The molecule has 112 valence electrons. The van der Waals surface area contributed by atoms with Gasteiger partial charge in [-0.2, -0.15) is 0 Å². The molecule has 1 unspecified atom stereocenters. The first-order valence-electron chi connectivity index (χ1n) is 6.22. The topological polar surface area (TPSA) is 81.4 Å². The summed E-state index contributed by atoms with van der Waals surface area (Å²) in [6.45, 7) is 1.14. The van der Waals surface area contributed by atoms with Crippen LogP contribution in [0.4, 0.5) is 0 Å². The Hall–Kier alpha value is -0.370. The van der Waals surface area contributed by atoms with E-state index in [1.165, 1.54) is 6.07 Å². The second kappa shape index (κ2) is 6.60. The monoisotopic (exact) mass is 338 g/mol. The molecule has 0 aliphatic carbocycles. The highest BCUT2D eigenvalue weighted by Gasteiger charge is 2.25. The van der Waals surface area contributed by atoms with Crippen molar-refractivity contribution < 1.29 is 13.2 Å². The summed E-state index contributed by atoms with van der Waals surface area (Å²) in [7, 11) is -3.75. The minimum atomic E-state index is -3.75. The second-order valence-electron chi connectivity index (χ2n) is 4.62. The molecule has 0 bridgehead atoms. The van der Waals surface area contributed by atoms with E-state index in [2.05, 4.69) is 4.72 Å². The lowest BCUT2D eigenvalue weighted by atomic mass is 10.1. The Kier molecular flexibility index (Phi) is 5.28. The molecule has 1 heterocycles. The van der Waals surface area contributed by atoms with E-state index < -0.39 is 10.0 Å². The average molecular weight is 339 g/mol. The van der Waals surface area contributed by atoms with Crippen LogP contribution in [0.3, 0.4) is 0 Å². The summed E-state index contributed by atoms with van der Waals surface area (Å²) < 4.78 is 32.6. The van der Waals surface area contributed by atoms with E-state index in [4.69, 9.17) is 33.7 Å². The first-order chi connectivity index (χ1) is 9.44. The van der Waals surface area contributed by atoms with Gasteiger partial charge >= 0.3 is 0 Å². The molecule has 0 saturated carbocycles. The van der Waals surface area contributed by atoms with Gasteiger partial charge in [0.25, 0.3) is 0 Å². The normalized spacial score (nSPS) is 20.1. The lowest BCUT2D eigenvalue weighted by molar-refractivity contribution is 0.0774. The van der Waals surface area contributed by atoms with E-state index in [9.17, 15) is 8.42 Å². The summed E-state index contributed by atoms with van der Waals surface area (Å²) in [5, 5.41) is 0.399. The predicted molar refractivity (Wildman–Crippen MR) is 78.5 cm³/mol. The van der Waals surface area contributed by atoms with E-state index >= 15 is 0 Å². The first kappa shape index (κ1) is 16.0. The third kappa shape index (κ3) is 3.63. The van der Waals surface area contributed by atoms with E-state index in [1.807, 2.05) is 0 Å². The van der Waals surface area contributed by atoms with E-state index in [1.54, 1.807) is 6.07 Å². The van der Waals surface area contributed by atoms with Crippen LogP contribution in [0.2, 0.25) is 10.0 Å². The average Bonchev–Trinajstić information content (AvgIpc) is 2.41. The highest BCUT2D eigenvalue weighted by Crippen LogP contribution is 2.29. The molecule has 8 heteroatoms. The molecular weight excluding hydrogens is 323 g/mol. The smallest absolute Gasteiger partial charge is 0.242 e. The van der Waals surface area contributed by atoms with Crippen molar-refractivity contribution in [1.29, 1.82) is 0 Å². The highest BCUT2D eigenvalue weighted by atomic mass is 35.5. The number of hydrogen-bond donors (Lipinski definition) is 2. The molecule has 1 atom stereocenters. The van der Waals surface area contributed by atoms with E-state index in [-0.39, 0.29) is 27.5 Å². The molecule has 1 aromatic rings. The van der Waals surface area contributed by atoms with Gasteiger partial charge in [0, 0.05) is 24.2 Å². The van der Waals surface area contributed by atoms with Crippen molar-refractivity contribution in [3.8, 4) is 0 Å². The maximum absolute atomic E-state index is 12.4. The van der Waals surface area contributed by atoms with Gasteiger partial charge in [0.1, 0.15) is 4.90 Å². The highest BCUT2D eigenvalue weighted by molar-refractivity contribution is 7.89. The van der Waals surface area contributed by atoms with Crippen molar-refractivity contribution in [2.75, 3.05) is 13.2 Å². The van der Waals surface area contributed by atoms with Crippen LogP contribution in [-0.2, 0) is 21.3 Å². The van der Waals surface area contributed by atoms with Gasteiger partial charge < -0.3 is 10.5 Å². The summed E-state index contributed by atoms with van der Waals surface area (Å²) in [4.78, 5) is -0.0438. The van der Waals surface area contributed by atoms with Gasteiger partial charge in [-0.05, 0) is 30.5 Å². The van der Waals surface area contributed by atoms with Crippen molar-refractivity contribution in [2.24, 2.45) is 5.73 Å². The Morgan fingerprint density at radius 1 is 1.40 bits per heavy atom. The Morgan fingerprint density at radius 3 is 2.75 bits per heavy atom.